The summed E-state index contributed by atoms with van der Waals surface area (Å²) in [6.45, 7) is 0. The van der Waals surface area contributed by atoms with Crippen LogP contribution >= 0.6 is 46.4 Å². The number of hydrogen-bond acceptors (Lipinski definition) is 3. The Bertz CT molecular complexity index is 643. The maximum absolute atomic E-state index is 11.9. The van der Waals surface area contributed by atoms with Crippen molar-refractivity contribution in [2.24, 2.45) is 0 Å². The van der Waals surface area contributed by atoms with Crippen molar-refractivity contribution in [1.82, 2.24) is 9.97 Å². The van der Waals surface area contributed by atoms with Crippen molar-refractivity contribution >= 4 is 58.0 Å². The van der Waals surface area contributed by atoms with Gasteiger partial charge < -0.3 is 5.32 Å². The van der Waals surface area contributed by atoms with E-state index in [1.165, 1.54) is 6.33 Å². The van der Waals surface area contributed by atoms with Crippen molar-refractivity contribution in [2.45, 2.75) is 6.42 Å². The minimum Gasteiger partial charge on any atom is -0.321 e. The fraction of sp³-hybridized carbons (Fsp3) is 0.0833. The summed E-state index contributed by atoms with van der Waals surface area (Å²) in [5.74, 6) is -0.318. The summed E-state index contributed by atoms with van der Waals surface area (Å²) in [6, 6.07) is 4.95. The number of nitrogens with one attached hydrogen (secondary N) is 1. The Hall–Kier alpha value is -1.07. The summed E-state index contributed by atoms with van der Waals surface area (Å²) in [5, 5.41) is 3.52. The predicted octanol–water partition coefficient (Wildman–Crippen LogP) is 4.27. The first kappa shape index (κ1) is 15.3. The lowest BCUT2D eigenvalue weighted by Gasteiger charge is -2.08. The van der Waals surface area contributed by atoms with E-state index in [1.54, 1.807) is 18.2 Å². The van der Waals surface area contributed by atoms with Crippen LogP contribution in [0.1, 0.15) is 5.56 Å². The fourth-order valence-electron chi connectivity index (χ4n) is 1.47. The lowest BCUT2D eigenvalue weighted by atomic mass is 10.1. The molecule has 2 rings (SSSR count). The SMILES string of the molecule is O=C(Cc1ccc(Cl)c(Cl)c1)Nc1c(Cl)ncnc1Cl. The van der Waals surface area contributed by atoms with Crippen LogP contribution in [0.25, 0.3) is 0 Å². The van der Waals surface area contributed by atoms with E-state index >= 15 is 0 Å². The average Bonchev–Trinajstić information content (AvgIpc) is 2.38. The van der Waals surface area contributed by atoms with E-state index in [9.17, 15) is 4.79 Å². The number of carbonyl (C=O) groups excluding carboxylic acids is 1. The fourth-order valence-corrected chi connectivity index (χ4v) is 2.20. The Kier molecular flexibility index (Phi) is 5.05. The highest BCUT2D eigenvalue weighted by atomic mass is 35.5. The molecule has 0 bridgehead atoms. The highest BCUT2D eigenvalue weighted by Crippen LogP contribution is 2.26. The Balaban J connectivity index is 2.11. The number of nitrogens with zero attached hydrogens (tertiary/aromatic N) is 2. The van der Waals surface area contributed by atoms with Gasteiger partial charge >= 0.3 is 0 Å². The summed E-state index contributed by atoms with van der Waals surface area (Å²) < 4.78 is 0. The first-order valence-corrected chi connectivity index (χ1v) is 6.88. The molecule has 0 spiro atoms. The molecule has 1 N–H and O–H groups in total. The van der Waals surface area contributed by atoms with Gasteiger partial charge in [0.2, 0.25) is 5.91 Å². The third-order valence-electron chi connectivity index (χ3n) is 2.37. The quantitative estimate of drug-likeness (QED) is 0.841. The van der Waals surface area contributed by atoms with Gasteiger partial charge in [-0.05, 0) is 17.7 Å². The van der Waals surface area contributed by atoms with Crippen molar-refractivity contribution in [2.75, 3.05) is 5.32 Å². The zero-order chi connectivity index (χ0) is 14.7. The zero-order valence-electron chi connectivity index (χ0n) is 9.83. The smallest absolute Gasteiger partial charge is 0.228 e. The monoisotopic (exact) mass is 349 g/mol. The van der Waals surface area contributed by atoms with Gasteiger partial charge in [0.05, 0.1) is 16.5 Å². The molecule has 0 aliphatic rings. The van der Waals surface area contributed by atoms with Crippen molar-refractivity contribution in [1.29, 1.82) is 0 Å². The molecule has 1 amide bonds. The third-order valence-corrected chi connectivity index (χ3v) is 3.68. The van der Waals surface area contributed by atoms with E-state index in [0.29, 0.717) is 15.6 Å². The molecular weight excluding hydrogens is 344 g/mol. The van der Waals surface area contributed by atoms with E-state index in [1.807, 2.05) is 0 Å². The number of benzene rings is 1. The second-order valence-corrected chi connectivity index (χ2v) is 5.33. The van der Waals surface area contributed by atoms with E-state index < -0.39 is 0 Å². The molecule has 0 aliphatic heterocycles. The van der Waals surface area contributed by atoms with Gasteiger partial charge in [-0.3, -0.25) is 4.79 Å². The molecule has 104 valence electrons. The molecule has 0 aliphatic carbocycles. The van der Waals surface area contributed by atoms with E-state index in [-0.39, 0.29) is 28.3 Å². The van der Waals surface area contributed by atoms with Crippen LogP contribution in [0.2, 0.25) is 20.4 Å². The highest BCUT2D eigenvalue weighted by Gasteiger charge is 2.12. The number of hydrogen-bond donors (Lipinski definition) is 1. The number of anilines is 1. The molecule has 8 heteroatoms. The number of amides is 1. The van der Waals surface area contributed by atoms with Crippen LogP contribution in [0.15, 0.2) is 24.5 Å². The van der Waals surface area contributed by atoms with Gasteiger partial charge in [-0.25, -0.2) is 9.97 Å². The molecule has 0 saturated carbocycles. The maximum Gasteiger partial charge on any atom is 0.228 e. The van der Waals surface area contributed by atoms with Crippen molar-refractivity contribution in [3.63, 3.8) is 0 Å². The average molecular weight is 351 g/mol. The molecule has 4 nitrogen and oxygen atoms in total. The molecule has 0 atom stereocenters. The van der Waals surface area contributed by atoms with Gasteiger partial charge in [0.25, 0.3) is 0 Å². The van der Waals surface area contributed by atoms with Crippen LogP contribution in [0.4, 0.5) is 5.69 Å². The summed E-state index contributed by atoms with van der Waals surface area (Å²) in [4.78, 5) is 19.4. The number of aromatic nitrogens is 2. The first-order valence-electron chi connectivity index (χ1n) is 5.37. The maximum atomic E-state index is 11.9. The second-order valence-electron chi connectivity index (χ2n) is 3.80. The largest absolute Gasteiger partial charge is 0.321 e. The lowest BCUT2D eigenvalue weighted by Crippen LogP contribution is -2.15. The van der Waals surface area contributed by atoms with Crippen LogP contribution in [-0.4, -0.2) is 15.9 Å². The number of carbonyl (C=O) groups is 1. The van der Waals surface area contributed by atoms with Crippen LogP contribution in [0.3, 0.4) is 0 Å². The van der Waals surface area contributed by atoms with Crippen molar-refractivity contribution < 1.29 is 4.79 Å². The molecule has 20 heavy (non-hydrogen) atoms. The summed E-state index contributed by atoms with van der Waals surface area (Å²) in [6.07, 6.45) is 1.30. The standard InChI is InChI=1S/C12H7Cl4N3O/c13-7-2-1-6(3-8(7)14)4-9(20)19-10-11(15)17-5-18-12(10)16/h1-3,5H,4H2,(H,19,20). The van der Waals surface area contributed by atoms with Gasteiger partial charge in [0.1, 0.15) is 12.0 Å². The minimum absolute atomic E-state index is 0.0764. The minimum atomic E-state index is -0.318. The third kappa shape index (κ3) is 3.73. The van der Waals surface area contributed by atoms with E-state index in [2.05, 4.69) is 15.3 Å². The molecular formula is C12H7Cl4N3O. The lowest BCUT2D eigenvalue weighted by molar-refractivity contribution is -0.115. The van der Waals surface area contributed by atoms with Gasteiger partial charge in [0, 0.05) is 0 Å². The Labute approximate surface area is 135 Å². The van der Waals surface area contributed by atoms with E-state index in [0.717, 1.165) is 0 Å². The summed E-state index contributed by atoms with van der Waals surface area (Å²) in [5.41, 5.74) is 0.891. The van der Waals surface area contributed by atoms with Crippen LogP contribution in [-0.2, 0) is 11.2 Å². The normalized spacial score (nSPS) is 10.4. The van der Waals surface area contributed by atoms with E-state index in [4.69, 9.17) is 46.4 Å². The van der Waals surface area contributed by atoms with Gasteiger partial charge in [-0.1, -0.05) is 52.5 Å². The first-order chi connectivity index (χ1) is 9.47. The molecule has 0 saturated heterocycles. The van der Waals surface area contributed by atoms with Crippen LogP contribution in [0.5, 0.6) is 0 Å². The molecule has 0 radical (unpaired) electrons. The Morgan fingerprint density at radius 1 is 1.05 bits per heavy atom. The molecule has 0 fully saturated rings. The molecule has 2 aromatic rings. The Morgan fingerprint density at radius 3 is 2.30 bits per heavy atom. The second kappa shape index (κ2) is 6.59. The van der Waals surface area contributed by atoms with Crippen molar-refractivity contribution in [3.8, 4) is 0 Å². The Morgan fingerprint density at radius 2 is 1.70 bits per heavy atom. The summed E-state index contributed by atoms with van der Waals surface area (Å²) >= 11 is 23.4. The highest BCUT2D eigenvalue weighted by molar-refractivity contribution is 6.42. The number of rotatable bonds is 3. The van der Waals surface area contributed by atoms with Gasteiger partial charge in [0.15, 0.2) is 10.3 Å². The van der Waals surface area contributed by atoms with Crippen LogP contribution in [0, 0.1) is 0 Å². The summed E-state index contributed by atoms with van der Waals surface area (Å²) in [7, 11) is 0. The van der Waals surface area contributed by atoms with Gasteiger partial charge in [-0.2, -0.15) is 0 Å². The predicted molar refractivity (Wildman–Crippen MR) is 80.8 cm³/mol. The topological polar surface area (TPSA) is 54.9 Å². The molecule has 1 heterocycles. The molecule has 0 unspecified atom stereocenters. The zero-order valence-corrected chi connectivity index (χ0v) is 12.9. The number of halogens is 4. The van der Waals surface area contributed by atoms with Gasteiger partial charge in [-0.15, -0.1) is 0 Å². The van der Waals surface area contributed by atoms with Crippen molar-refractivity contribution in [3.05, 3.63) is 50.4 Å². The molecule has 1 aromatic carbocycles. The van der Waals surface area contributed by atoms with Crippen LogP contribution < -0.4 is 5.32 Å². The molecule has 1 aromatic heterocycles.